The first-order valence-electron chi connectivity index (χ1n) is 16.3. The highest BCUT2D eigenvalue weighted by atomic mass is 14.9. The highest BCUT2D eigenvalue weighted by molar-refractivity contribution is 6.21. The third kappa shape index (κ3) is 5.01. The second-order valence-corrected chi connectivity index (χ2v) is 12.2. The van der Waals surface area contributed by atoms with Gasteiger partial charge in [0.2, 0.25) is 0 Å². The third-order valence-corrected chi connectivity index (χ3v) is 9.27. The molecule has 0 aliphatic heterocycles. The Balaban J connectivity index is 1.21. The fourth-order valence-electron chi connectivity index (χ4n) is 6.87. The molecular formula is C46H30N2. The number of nitrogens with zero attached hydrogens (tertiary/aromatic N) is 2. The van der Waals surface area contributed by atoms with Gasteiger partial charge in [-0.1, -0.05) is 170 Å². The molecule has 1 aromatic heterocycles. The molecular weight excluding hydrogens is 581 g/mol. The van der Waals surface area contributed by atoms with Gasteiger partial charge in [-0.25, -0.2) is 9.97 Å². The molecule has 9 aromatic rings. The molecule has 8 aromatic carbocycles. The first kappa shape index (κ1) is 27.9. The second kappa shape index (κ2) is 11.8. The number of rotatable bonds is 5. The minimum absolute atomic E-state index is 0.713. The molecule has 0 atom stereocenters. The Labute approximate surface area is 279 Å². The molecule has 0 aliphatic rings. The van der Waals surface area contributed by atoms with Gasteiger partial charge in [0, 0.05) is 16.7 Å². The fourth-order valence-corrected chi connectivity index (χ4v) is 6.87. The predicted octanol–water partition coefficient (Wildman–Crippen LogP) is 12.3. The average Bonchev–Trinajstić information content (AvgIpc) is 3.17. The summed E-state index contributed by atoms with van der Waals surface area (Å²) in [5.41, 5.74) is 9.78. The SMILES string of the molecule is c1ccc(-c2ccc(-c3ccc(-c4cc(-c5c6ccccc6cc6ccc7ccccc7c56)nc(-c5ccccc5)n4)cc3)cc2)cc1. The molecule has 2 heteroatoms. The van der Waals surface area contributed by atoms with Crippen LogP contribution in [-0.2, 0) is 0 Å². The van der Waals surface area contributed by atoms with E-state index in [0.29, 0.717) is 5.82 Å². The summed E-state index contributed by atoms with van der Waals surface area (Å²) in [5.74, 6) is 0.713. The van der Waals surface area contributed by atoms with Gasteiger partial charge in [0.05, 0.1) is 11.4 Å². The maximum Gasteiger partial charge on any atom is 0.160 e. The molecule has 0 fully saturated rings. The van der Waals surface area contributed by atoms with Gasteiger partial charge < -0.3 is 0 Å². The van der Waals surface area contributed by atoms with Crippen molar-refractivity contribution in [1.29, 1.82) is 0 Å². The van der Waals surface area contributed by atoms with Crippen molar-refractivity contribution >= 4 is 32.3 Å². The van der Waals surface area contributed by atoms with Crippen LogP contribution in [0.3, 0.4) is 0 Å². The minimum Gasteiger partial charge on any atom is -0.228 e. The van der Waals surface area contributed by atoms with E-state index in [4.69, 9.17) is 9.97 Å². The monoisotopic (exact) mass is 610 g/mol. The molecule has 0 amide bonds. The first-order valence-corrected chi connectivity index (χ1v) is 16.3. The van der Waals surface area contributed by atoms with Crippen molar-refractivity contribution in [2.24, 2.45) is 0 Å². The van der Waals surface area contributed by atoms with Crippen LogP contribution in [0.4, 0.5) is 0 Å². The lowest BCUT2D eigenvalue weighted by Gasteiger charge is -2.16. The molecule has 0 bridgehead atoms. The van der Waals surface area contributed by atoms with Crippen LogP contribution in [0.5, 0.6) is 0 Å². The Kier molecular flexibility index (Phi) is 6.84. The number of hydrogen-bond donors (Lipinski definition) is 0. The Bertz CT molecular complexity index is 2570. The molecule has 1 heterocycles. The zero-order chi connectivity index (χ0) is 31.9. The number of fused-ring (bicyclic) bond motifs is 4. The molecule has 9 rings (SSSR count). The van der Waals surface area contributed by atoms with Crippen molar-refractivity contribution in [3.05, 3.63) is 182 Å². The predicted molar refractivity (Wildman–Crippen MR) is 202 cm³/mol. The molecule has 0 unspecified atom stereocenters. The van der Waals surface area contributed by atoms with E-state index in [-0.39, 0.29) is 0 Å². The minimum atomic E-state index is 0.713. The van der Waals surface area contributed by atoms with Crippen molar-refractivity contribution < 1.29 is 0 Å². The highest BCUT2D eigenvalue weighted by Crippen LogP contribution is 2.41. The summed E-state index contributed by atoms with van der Waals surface area (Å²) < 4.78 is 0. The van der Waals surface area contributed by atoms with Crippen molar-refractivity contribution in [2.45, 2.75) is 0 Å². The second-order valence-electron chi connectivity index (χ2n) is 12.2. The van der Waals surface area contributed by atoms with Crippen LogP contribution in [0.2, 0.25) is 0 Å². The molecule has 0 N–H and O–H groups in total. The Morgan fingerprint density at radius 3 is 1.44 bits per heavy atom. The summed E-state index contributed by atoms with van der Waals surface area (Å²) in [7, 11) is 0. The van der Waals surface area contributed by atoms with Gasteiger partial charge in [0.1, 0.15) is 0 Å². The van der Waals surface area contributed by atoms with E-state index in [0.717, 1.165) is 28.1 Å². The summed E-state index contributed by atoms with van der Waals surface area (Å²) in [4.78, 5) is 10.5. The molecule has 2 nitrogen and oxygen atoms in total. The van der Waals surface area contributed by atoms with E-state index in [1.54, 1.807) is 0 Å². The largest absolute Gasteiger partial charge is 0.228 e. The van der Waals surface area contributed by atoms with E-state index in [2.05, 4.69) is 164 Å². The summed E-state index contributed by atoms with van der Waals surface area (Å²) in [6.45, 7) is 0. The van der Waals surface area contributed by atoms with E-state index in [9.17, 15) is 0 Å². The molecule has 0 spiro atoms. The summed E-state index contributed by atoms with van der Waals surface area (Å²) in [5, 5.41) is 7.22. The van der Waals surface area contributed by atoms with Crippen molar-refractivity contribution in [3.8, 4) is 56.2 Å². The topological polar surface area (TPSA) is 25.8 Å². The molecule has 0 radical (unpaired) electrons. The average molecular weight is 611 g/mol. The number of hydrogen-bond acceptors (Lipinski definition) is 2. The quantitative estimate of drug-likeness (QED) is 0.143. The van der Waals surface area contributed by atoms with Crippen LogP contribution in [-0.4, -0.2) is 9.97 Å². The third-order valence-electron chi connectivity index (χ3n) is 9.27. The maximum absolute atomic E-state index is 5.29. The molecule has 224 valence electrons. The van der Waals surface area contributed by atoms with Crippen molar-refractivity contribution in [1.82, 2.24) is 9.97 Å². The summed E-state index contributed by atoms with van der Waals surface area (Å²) in [6.07, 6.45) is 0. The molecule has 0 saturated heterocycles. The van der Waals surface area contributed by atoms with Crippen molar-refractivity contribution in [3.63, 3.8) is 0 Å². The van der Waals surface area contributed by atoms with Gasteiger partial charge in [0.25, 0.3) is 0 Å². The van der Waals surface area contributed by atoms with Crippen LogP contribution in [0, 0.1) is 0 Å². The fraction of sp³-hybridized carbons (Fsp3) is 0. The Morgan fingerprint density at radius 1 is 0.292 bits per heavy atom. The maximum atomic E-state index is 5.29. The zero-order valence-corrected chi connectivity index (χ0v) is 26.2. The lowest BCUT2D eigenvalue weighted by molar-refractivity contribution is 1.19. The normalized spacial score (nSPS) is 11.3. The lowest BCUT2D eigenvalue weighted by atomic mass is 9.90. The first-order chi connectivity index (χ1) is 23.8. The van der Waals surface area contributed by atoms with Crippen LogP contribution >= 0.6 is 0 Å². The lowest BCUT2D eigenvalue weighted by Crippen LogP contribution is -1.97. The number of aromatic nitrogens is 2. The highest BCUT2D eigenvalue weighted by Gasteiger charge is 2.17. The van der Waals surface area contributed by atoms with Crippen LogP contribution in [0.15, 0.2) is 182 Å². The molecule has 0 saturated carbocycles. The summed E-state index contributed by atoms with van der Waals surface area (Å²) >= 11 is 0. The standard InChI is InChI=1S/C46H30N2/c1-3-11-31(12-4-1)32-19-21-33(22-20-32)34-23-26-36(27-24-34)42-30-43(48-46(47-42)37-14-5-2-6-15-37)45-41-18-10-8-16-38(41)29-39-28-25-35-13-7-9-17-40(35)44(39)45/h1-30H. The van der Waals surface area contributed by atoms with E-state index >= 15 is 0 Å². The van der Waals surface area contributed by atoms with Gasteiger partial charge in [-0.05, 0) is 66.7 Å². The van der Waals surface area contributed by atoms with Gasteiger partial charge in [-0.3, -0.25) is 0 Å². The Morgan fingerprint density at radius 2 is 0.771 bits per heavy atom. The smallest absolute Gasteiger partial charge is 0.160 e. The molecule has 0 aliphatic carbocycles. The van der Waals surface area contributed by atoms with Crippen LogP contribution in [0.25, 0.3) is 88.5 Å². The molecule has 48 heavy (non-hydrogen) atoms. The van der Waals surface area contributed by atoms with Gasteiger partial charge in [-0.15, -0.1) is 0 Å². The zero-order valence-electron chi connectivity index (χ0n) is 26.2. The van der Waals surface area contributed by atoms with Gasteiger partial charge in [-0.2, -0.15) is 0 Å². The number of benzene rings is 8. The van der Waals surface area contributed by atoms with Gasteiger partial charge in [0.15, 0.2) is 5.82 Å². The summed E-state index contributed by atoms with van der Waals surface area (Å²) in [6, 6.07) is 64.5. The van der Waals surface area contributed by atoms with Crippen LogP contribution in [0.1, 0.15) is 0 Å². The van der Waals surface area contributed by atoms with Crippen LogP contribution < -0.4 is 0 Å². The van der Waals surface area contributed by atoms with Gasteiger partial charge >= 0.3 is 0 Å². The van der Waals surface area contributed by atoms with E-state index < -0.39 is 0 Å². The van der Waals surface area contributed by atoms with E-state index in [1.807, 2.05) is 18.2 Å². The Hall–Kier alpha value is -6.38. The van der Waals surface area contributed by atoms with Crippen molar-refractivity contribution in [2.75, 3.05) is 0 Å². The van der Waals surface area contributed by atoms with E-state index in [1.165, 1.54) is 54.6 Å².